The number of rotatable bonds is 3. The summed E-state index contributed by atoms with van der Waals surface area (Å²) in [5.74, 6) is 0.150. The fraction of sp³-hybridized carbons (Fsp3) is 0.700. The second kappa shape index (κ2) is 5.83. The summed E-state index contributed by atoms with van der Waals surface area (Å²) < 4.78 is 4.78. The Kier molecular flexibility index (Phi) is 4.23. The maximum Gasteiger partial charge on any atom is 0.333 e. The van der Waals surface area contributed by atoms with Gasteiger partial charge in [0.2, 0.25) is 6.29 Å². The van der Waals surface area contributed by atoms with Crippen LogP contribution >= 0.6 is 0 Å². The standard InChI is InChI=1S/C20H28O4/c1-12-10-15(21)17-19(2,3)8-5-9-20(17,4)14(12)7-6-13-11-16(22)24-18(13)23/h10-11,14,17-18,23H,5-9H2,1-4H3/t14-,17-,18+,20+/m1/s1. The summed E-state index contributed by atoms with van der Waals surface area (Å²) in [6, 6.07) is 0. The molecule has 1 N–H and O–H groups in total. The van der Waals surface area contributed by atoms with Crippen LogP contribution in [0.2, 0.25) is 0 Å². The van der Waals surface area contributed by atoms with E-state index in [1.165, 1.54) is 6.08 Å². The van der Waals surface area contributed by atoms with Gasteiger partial charge < -0.3 is 9.84 Å². The van der Waals surface area contributed by atoms with Crippen molar-refractivity contribution in [1.82, 2.24) is 0 Å². The number of carbonyl (C=O) groups excluding carboxylic acids is 2. The number of cyclic esters (lactones) is 1. The number of ether oxygens (including phenoxy) is 1. The van der Waals surface area contributed by atoms with E-state index in [4.69, 9.17) is 4.74 Å². The van der Waals surface area contributed by atoms with Crippen LogP contribution in [0.15, 0.2) is 23.3 Å². The summed E-state index contributed by atoms with van der Waals surface area (Å²) in [6.45, 7) is 8.74. The molecule has 1 heterocycles. The third-order valence-corrected chi connectivity index (χ3v) is 6.55. The molecule has 2 aliphatic carbocycles. The number of allylic oxidation sites excluding steroid dienone is 2. The Morgan fingerprint density at radius 3 is 2.54 bits per heavy atom. The molecule has 1 saturated carbocycles. The first-order chi connectivity index (χ1) is 11.1. The molecule has 4 nitrogen and oxygen atoms in total. The Bertz CT molecular complexity index is 628. The summed E-state index contributed by atoms with van der Waals surface area (Å²) in [5.41, 5.74) is 1.76. The van der Waals surface area contributed by atoms with E-state index in [2.05, 4.69) is 20.8 Å². The minimum absolute atomic E-state index is 0.0186. The van der Waals surface area contributed by atoms with Gasteiger partial charge >= 0.3 is 5.97 Å². The van der Waals surface area contributed by atoms with E-state index in [-0.39, 0.29) is 22.5 Å². The predicted octanol–water partition coefficient (Wildman–Crippen LogP) is 3.55. The summed E-state index contributed by atoms with van der Waals surface area (Å²) in [7, 11) is 0. The molecule has 0 bridgehead atoms. The highest BCUT2D eigenvalue weighted by Gasteiger charge is 2.55. The second-order valence-electron chi connectivity index (χ2n) is 8.67. The minimum Gasteiger partial charge on any atom is -0.429 e. The zero-order valence-corrected chi connectivity index (χ0v) is 15.1. The molecule has 1 aliphatic heterocycles. The molecule has 24 heavy (non-hydrogen) atoms. The van der Waals surface area contributed by atoms with Gasteiger partial charge in [0.1, 0.15) is 0 Å². The largest absolute Gasteiger partial charge is 0.429 e. The SMILES string of the molecule is CC1=CC(=O)[C@@H]2C(C)(C)CCC[C@@]2(C)[C@@H]1CCC1=CC(=O)O[C@@H]1O. The van der Waals surface area contributed by atoms with Crippen LogP contribution in [0.1, 0.15) is 59.8 Å². The van der Waals surface area contributed by atoms with E-state index >= 15 is 0 Å². The van der Waals surface area contributed by atoms with E-state index in [1.54, 1.807) is 0 Å². The van der Waals surface area contributed by atoms with Crippen molar-refractivity contribution >= 4 is 11.8 Å². The van der Waals surface area contributed by atoms with Gasteiger partial charge in [0, 0.05) is 17.6 Å². The molecule has 0 radical (unpaired) electrons. The lowest BCUT2D eigenvalue weighted by atomic mass is 9.48. The zero-order valence-electron chi connectivity index (χ0n) is 15.1. The van der Waals surface area contributed by atoms with Gasteiger partial charge in [0.05, 0.1) is 0 Å². The maximum absolute atomic E-state index is 12.8. The maximum atomic E-state index is 12.8. The summed E-state index contributed by atoms with van der Waals surface area (Å²) in [6.07, 6.45) is 6.89. The first kappa shape index (κ1) is 17.4. The van der Waals surface area contributed by atoms with Crippen LogP contribution in [-0.2, 0) is 14.3 Å². The van der Waals surface area contributed by atoms with Crippen molar-refractivity contribution in [2.45, 2.75) is 66.1 Å². The molecule has 0 aromatic carbocycles. The first-order valence-corrected chi connectivity index (χ1v) is 8.96. The molecule has 0 aromatic heterocycles. The highest BCUT2D eigenvalue weighted by molar-refractivity contribution is 5.95. The average Bonchev–Trinajstić information content (AvgIpc) is 2.74. The number of esters is 1. The van der Waals surface area contributed by atoms with Gasteiger partial charge in [-0.1, -0.05) is 32.8 Å². The highest BCUT2D eigenvalue weighted by Crippen LogP contribution is 2.59. The average molecular weight is 332 g/mol. The van der Waals surface area contributed by atoms with Gasteiger partial charge in [-0.05, 0) is 55.4 Å². The van der Waals surface area contributed by atoms with Crippen LogP contribution in [0.25, 0.3) is 0 Å². The smallest absolute Gasteiger partial charge is 0.333 e. The Hall–Kier alpha value is -1.42. The van der Waals surface area contributed by atoms with Gasteiger partial charge in [-0.2, -0.15) is 0 Å². The fourth-order valence-corrected chi connectivity index (χ4v) is 5.63. The van der Waals surface area contributed by atoms with E-state index in [0.29, 0.717) is 17.9 Å². The Balaban J connectivity index is 1.86. The number of carbonyl (C=O) groups is 2. The Labute approximate surface area is 144 Å². The van der Waals surface area contributed by atoms with Gasteiger partial charge in [-0.25, -0.2) is 4.79 Å². The third kappa shape index (κ3) is 2.75. The van der Waals surface area contributed by atoms with Crippen molar-refractivity contribution in [2.24, 2.45) is 22.7 Å². The predicted molar refractivity (Wildman–Crippen MR) is 90.9 cm³/mol. The monoisotopic (exact) mass is 332 g/mol. The topological polar surface area (TPSA) is 63.6 Å². The molecule has 0 saturated heterocycles. The summed E-state index contributed by atoms with van der Waals surface area (Å²) in [5, 5.41) is 9.80. The second-order valence-corrected chi connectivity index (χ2v) is 8.67. The van der Waals surface area contributed by atoms with Crippen molar-refractivity contribution in [1.29, 1.82) is 0 Å². The Morgan fingerprint density at radius 2 is 1.92 bits per heavy atom. The fourth-order valence-electron chi connectivity index (χ4n) is 5.63. The molecule has 0 unspecified atom stereocenters. The van der Waals surface area contributed by atoms with Crippen molar-refractivity contribution in [3.63, 3.8) is 0 Å². The molecular formula is C20H28O4. The van der Waals surface area contributed by atoms with Crippen LogP contribution in [0.4, 0.5) is 0 Å². The normalized spacial score (nSPS) is 38.3. The minimum atomic E-state index is -1.10. The molecule has 4 heteroatoms. The third-order valence-electron chi connectivity index (χ3n) is 6.55. The molecule has 0 spiro atoms. The molecule has 0 aromatic rings. The molecule has 132 valence electrons. The van der Waals surface area contributed by atoms with Gasteiger partial charge in [0.25, 0.3) is 0 Å². The first-order valence-electron chi connectivity index (χ1n) is 8.96. The van der Waals surface area contributed by atoms with E-state index in [9.17, 15) is 14.7 Å². The Morgan fingerprint density at radius 1 is 1.21 bits per heavy atom. The quantitative estimate of drug-likeness (QED) is 0.803. The molecule has 0 amide bonds. The highest BCUT2D eigenvalue weighted by atomic mass is 16.6. The van der Waals surface area contributed by atoms with Crippen LogP contribution < -0.4 is 0 Å². The van der Waals surface area contributed by atoms with E-state index < -0.39 is 12.3 Å². The number of hydrogen-bond acceptors (Lipinski definition) is 4. The van der Waals surface area contributed by atoms with Crippen LogP contribution in [0.5, 0.6) is 0 Å². The van der Waals surface area contributed by atoms with E-state index in [0.717, 1.165) is 31.3 Å². The number of fused-ring (bicyclic) bond motifs is 1. The van der Waals surface area contributed by atoms with E-state index in [1.807, 2.05) is 13.0 Å². The van der Waals surface area contributed by atoms with Crippen LogP contribution in [0, 0.1) is 22.7 Å². The number of ketones is 1. The van der Waals surface area contributed by atoms with Crippen molar-refractivity contribution in [3.8, 4) is 0 Å². The van der Waals surface area contributed by atoms with Crippen LogP contribution in [0.3, 0.4) is 0 Å². The van der Waals surface area contributed by atoms with Gasteiger partial charge in [0.15, 0.2) is 5.78 Å². The summed E-state index contributed by atoms with van der Waals surface area (Å²) >= 11 is 0. The number of aliphatic hydroxyl groups excluding tert-OH is 1. The number of hydrogen-bond donors (Lipinski definition) is 1. The lowest BCUT2D eigenvalue weighted by Gasteiger charge is -2.55. The van der Waals surface area contributed by atoms with Crippen molar-refractivity contribution < 1.29 is 19.4 Å². The molecule has 1 fully saturated rings. The van der Waals surface area contributed by atoms with Crippen molar-refractivity contribution in [2.75, 3.05) is 0 Å². The molecule has 3 aliphatic rings. The van der Waals surface area contributed by atoms with Crippen molar-refractivity contribution in [3.05, 3.63) is 23.3 Å². The molecule has 4 atom stereocenters. The lowest BCUT2D eigenvalue weighted by molar-refractivity contribution is -0.151. The van der Waals surface area contributed by atoms with Gasteiger partial charge in [-0.3, -0.25) is 4.79 Å². The van der Waals surface area contributed by atoms with Gasteiger partial charge in [-0.15, -0.1) is 0 Å². The number of aliphatic hydroxyl groups is 1. The zero-order chi connectivity index (χ0) is 17.7. The summed E-state index contributed by atoms with van der Waals surface area (Å²) in [4.78, 5) is 24.1. The molecular weight excluding hydrogens is 304 g/mol. The lowest BCUT2D eigenvalue weighted by Crippen LogP contribution is -2.52. The molecule has 3 rings (SSSR count). The van der Waals surface area contributed by atoms with Crippen LogP contribution in [-0.4, -0.2) is 23.1 Å².